The SMILES string of the molecule is NC(=NCC1CC12CC2)NC1CCCCC1. The van der Waals surface area contributed by atoms with E-state index in [4.69, 9.17) is 5.73 Å². The van der Waals surface area contributed by atoms with Crippen LogP contribution in [-0.4, -0.2) is 18.5 Å². The lowest BCUT2D eigenvalue weighted by atomic mass is 9.96. The molecule has 3 fully saturated rings. The zero-order valence-electron chi connectivity index (χ0n) is 10.0. The summed E-state index contributed by atoms with van der Waals surface area (Å²) in [7, 11) is 0. The van der Waals surface area contributed by atoms with Crippen molar-refractivity contribution in [1.82, 2.24) is 5.32 Å². The zero-order chi connectivity index (χ0) is 11.0. The number of hydrogen-bond donors (Lipinski definition) is 2. The summed E-state index contributed by atoms with van der Waals surface area (Å²) in [6.45, 7) is 0.964. The third-order valence-electron chi connectivity index (χ3n) is 4.69. The first kappa shape index (κ1) is 10.4. The molecule has 0 heterocycles. The average Bonchev–Trinajstić information content (AvgIpc) is 3.19. The number of nitrogens with two attached hydrogens (primary N) is 1. The van der Waals surface area contributed by atoms with Crippen molar-refractivity contribution in [3.05, 3.63) is 0 Å². The molecule has 0 bridgehead atoms. The Morgan fingerprint density at radius 1 is 1.25 bits per heavy atom. The fourth-order valence-corrected chi connectivity index (χ4v) is 3.17. The molecule has 16 heavy (non-hydrogen) atoms. The quantitative estimate of drug-likeness (QED) is 0.566. The molecule has 3 aliphatic carbocycles. The van der Waals surface area contributed by atoms with Crippen molar-refractivity contribution in [2.45, 2.75) is 57.4 Å². The van der Waals surface area contributed by atoms with E-state index in [2.05, 4.69) is 10.3 Å². The maximum absolute atomic E-state index is 5.93. The van der Waals surface area contributed by atoms with Gasteiger partial charge in [-0.3, -0.25) is 4.99 Å². The van der Waals surface area contributed by atoms with E-state index in [0.717, 1.165) is 17.9 Å². The van der Waals surface area contributed by atoms with Gasteiger partial charge in [-0.05, 0) is 43.4 Å². The molecule has 0 aromatic rings. The van der Waals surface area contributed by atoms with E-state index in [1.165, 1.54) is 51.4 Å². The summed E-state index contributed by atoms with van der Waals surface area (Å²) in [5.41, 5.74) is 6.69. The molecule has 3 N–H and O–H groups in total. The smallest absolute Gasteiger partial charge is 0.188 e. The average molecular weight is 221 g/mol. The lowest BCUT2D eigenvalue weighted by molar-refractivity contribution is 0.412. The van der Waals surface area contributed by atoms with Crippen molar-refractivity contribution in [1.29, 1.82) is 0 Å². The summed E-state index contributed by atoms with van der Waals surface area (Å²) in [6, 6.07) is 0.589. The molecule has 0 amide bonds. The highest BCUT2D eigenvalue weighted by Gasteiger charge is 2.62. The van der Waals surface area contributed by atoms with E-state index in [0.29, 0.717) is 12.0 Å². The second-order valence-corrected chi connectivity index (χ2v) is 5.97. The van der Waals surface area contributed by atoms with Crippen LogP contribution in [-0.2, 0) is 0 Å². The Labute approximate surface area is 97.9 Å². The van der Waals surface area contributed by atoms with Gasteiger partial charge in [-0.1, -0.05) is 19.3 Å². The summed E-state index contributed by atoms with van der Waals surface area (Å²) in [5, 5.41) is 3.38. The van der Waals surface area contributed by atoms with E-state index >= 15 is 0 Å². The first-order valence-electron chi connectivity index (χ1n) is 6.85. The third kappa shape index (κ3) is 2.18. The number of nitrogens with zero attached hydrogens (tertiary/aromatic N) is 1. The van der Waals surface area contributed by atoms with Crippen molar-refractivity contribution in [3.8, 4) is 0 Å². The highest BCUT2D eigenvalue weighted by atomic mass is 15.1. The number of nitrogens with one attached hydrogen (secondary N) is 1. The van der Waals surface area contributed by atoms with Crippen LogP contribution in [0.15, 0.2) is 4.99 Å². The lowest BCUT2D eigenvalue weighted by Crippen LogP contribution is -2.41. The van der Waals surface area contributed by atoms with E-state index in [1.54, 1.807) is 0 Å². The second kappa shape index (κ2) is 3.94. The predicted octanol–water partition coefficient (Wildman–Crippen LogP) is 2.02. The fourth-order valence-electron chi connectivity index (χ4n) is 3.17. The van der Waals surface area contributed by atoms with Gasteiger partial charge >= 0.3 is 0 Å². The largest absolute Gasteiger partial charge is 0.370 e. The maximum atomic E-state index is 5.93. The van der Waals surface area contributed by atoms with Gasteiger partial charge in [-0.25, -0.2) is 0 Å². The highest BCUT2D eigenvalue weighted by Crippen LogP contribution is 2.70. The molecule has 3 rings (SSSR count). The Balaban J connectivity index is 1.41. The minimum absolute atomic E-state index is 0.589. The van der Waals surface area contributed by atoms with Crippen LogP contribution in [0.5, 0.6) is 0 Å². The topological polar surface area (TPSA) is 50.4 Å². The molecule has 1 unspecified atom stereocenters. The van der Waals surface area contributed by atoms with Crippen molar-refractivity contribution in [2.75, 3.05) is 6.54 Å². The van der Waals surface area contributed by atoms with Crippen LogP contribution in [0.1, 0.15) is 51.4 Å². The summed E-state index contributed by atoms with van der Waals surface area (Å²) in [4.78, 5) is 4.50. The van der Waals surface area contributed by atoms with E-state index < -0.39 is 0 Å². The van der Waals surface area contributed by atoms with Crippen LogP contribution < -0.4 is 11.1 Å². The molecule has 0 aromatic heterocycles. The van der Waals surface area contributed by atoms with Crippen molar-refractivity contribution in [2.24, 2.45) is 22.1 Å². The number of rotatable bonds is 3. The summed E-state index contributed by atoms with van der Waals surface area (Å²) < 4.78 is 0. The second-order valence-electron chi connectivity index (χ2n) is 5.97. The lowest BCUT2D eigenvalue weighted by Gasteiger charge is -2.23. The molecule has 3 aliphatic rings. The molecule has 3 nitrogen and oxygen atoms in total. The van der Waals surface area contributed by atoms with E-state index in [-0.39, 0.29) is 0 Å². The van der Waals surface area contributed by atoms with Crippen molar-refractivity contribution >= 4 is 5.96 Å². The van der Waals surface area contributed by atoms with Crippen LogP contribution in [0.3, 0.4) is 0 Å². The molecule has 0 saturated heterocycles. The van der Waals surface area contributed by atoms with Gasteiger partial charge in [0.05, 0.1) is 0 Å². The normalized spacial score (nSPS) is 32.8. The van der Waals surface area contributed by atoms with Crippen molar-refractivity contribution in [3.63, 3.8) is 0 Å². The molecule has 0 aromatic carbocycles. The fraction of sp³-hybridized carbons (Fsp3) is 0.923. The Morgan fingerprint density at radius 3 is 2.62 bits per heavy atom. The standard InChI is InChI=1S/C13H23N3/c14-12(16-11-4-2-1-3-5-11)15-9-10-8-13(10)6-7-13/h10-11H,1-9H2,(H3,14,15,16). The van der Waals surface area contributed by atoms with Gasteiger partial charge < -0.3 is 11.1 Å². The number of guanidine groups is 1. The first-order valence-corrected chi connectivity index (χ1v) is 6.85. The number of hydrogen-bond acceptors (Lipinski definition) is 1. The van der Waals surface area contributed by atoms with E-state index in [1.807, 2.05) is 0 Å². The van der Waals surface area contributed by atoms with E-state index in [9.17, 15) is 0 Å². The van der Waals surface area contributed by atoms with Gasteiger partial charge in [0.2, 0.25) is 0 Å². The van der Waals surface area contributed by atoms with Gasteiger partial charge in [0.25, 0.3) is 0 Å². The molecular weight excluding hydrogens is 198 g/mol. The maximum Gasteiger partial charge on any atom is 0.188 e. The Morgan fingerprint density at radius 2 is 2.00 bits per heavy atom. The predicted molar refractivity (Wildman–Crippen MR) is 66.3 cm³/mol. The van der Waals surface area contributed by atoms with Crippen LogP contribution in [0, 0.1) is 11.3 Å². The summed E-state index contributed by atoms with van der Waals surface area (Å²) in [6.07, 6.45) is 10.9. The van der Waals surface area contributed by atoms with Gasteiger partial charge in [0.1, 0.15) is 0 Å². The Hall–Kier alpha value is -0.730. The Bertz CT molecular complexity index is 288. The van der Waals surface area contributed by atoms with Crippen LogP contribution in [0.2, 0.25) is 0 Å². The Kier molecular flexibility index (Phi) is 2.56. The molecule has 3 saturated carbocycles. The van der Waals surface area contributed by atoms with Crippen LogP contribution >= 0.6 is 0 Å². The summed E-state index contributed by atoms with van der Waals surface area (Å²) >= 11 is 0. The molecule has 0 aliphatic heterocycles. The number of aliphatic imine (C=N–C) groups is 1. The molecule has 90 valence electrons. The van der Waals surface area contributed by atoms with Gasteiger partial charge in [0.15, 0.2) is 5.96 Å². The van der Waals surface area contributed by atoms with Gasteiger partial charge in [-0.2, -0.15) is 0 Å². The highest BCUT2D eigenvalue weighted by molar-refractivity contribution is 5.78. The van der Waals surface area contributed by atoms with Crippen LogP contribution in [0.4, 0.5) is 0 Å². The monoisotopic (exact) mass is 221 g/mol. The third-order valence-corrected chi connectivity index (χ3v) is 4.69. The minimum Gasteiger partial charge on any atom is -0.370 e. The summed E-state index contributed by atoms with van der Waals surface area (Å²) in [5.74, 6) is 1.55. The van der Waals surface area contributed by atoms with Gasteiger partial charge in [0, 0.05) is 12.6 Å². The zero-order valence-corrected chi connectivity index (χ0v) is 10.0. The molecule has 1 spiro atoms. The molecule has 0 radical (unpaired) electrons. The molecule has 1 atom stereocenters. The minimum atomic E-state index is 0.589. The molecular formula is C13H23N3. The van der Waals surface area contributed by atoms with Gasteiger partial charge in [-0.15, -0.1) is 0 Å². The molecule has 3 heteroatoms. The van der Waals surface area contributed by atoms with Crippen LogP contribution in [0.25, 0.3) is 0 Å². The first-order chi connectivity index (χ1) is 7.78. The van der Waals surface area contributed by atoms with Crippen molar-refractivity contribution < 1.29 is 0 Å².